The molecule has 0 spiro atoms. The van der Waals surface area contributed by atoms with Crippen molar-refractivity contribution < 1.29 is 19.4 Å². The van der Waals surface area contributed by atoms with Gasteiger partial charge in [-0.3, -0.25) is 4.79 Å². The van der Waals surface area contributed by atoms with Gasteiger partial charge in [0, 0.05) is 5.69 Å². The van der Waals surface area contributed by atoms with Gasteiger partial charge in [-0.1, -0.05) is 29.8 Å². The molecule has 0 heterocycles. The molecular weight excluding hydrogens is 318 g/mol. The summed E-state index contributed by atoms with van der Waals surface area (Å²) in [5.41, 5.74) is 1.39. The van der Waals surface area contributed by atoms with E-state index in [2.05, 4.69) is 5.32 Å². The molecule has 0 aliphatic carbocycles. The lowest BCUT2D eigenvalue weighted by Gasteiger charge is -2.10. The number of carbonyl (C=O) groups is 2. The summed E-state index contributed by atoms with van der Waals surface area (Å²) < 4.78 is 5.45. The van der Waals surface area contributed by atoms with Crippen molar-refractivity contribution in [1.82, 2.24) is 0 Å². The Morgan fingerprint density at radius 1 is 1.22 bits per heavy atom. The average molecular weight is 334 g/mol. The highest BCUT2D eigenvalue weighted by molar-refractivity contribution is 6.32. The number of ether oxygens (including phenoxy) is 1. The van der Waals surface area contributed by atoms with E-state index in [9.17, 15) is 9.59 Å². The second-order valence-corrected chi connectivity index (χ2v) is 5.32. The van der Waals surface area contributed by atoms with Crippen molar-refractivity contribution in [3.63, 3.8) is 0 Å². The second kappa shape index (κ2) is 7.65. The number of para-hydroxylation sites is 1. The van der Waals surface area contributed by atoms with Gasteiger partial charge in [-0.2, -0.15) is 0 Å². The Hall–Kier alpha value is -2.53. The zero-order valence-electron chi connectivity index (χ0n) is 12.5. The molecule has 23 heavy (non-hydrogen) atoms. The molecule has 0 radical (unpaired) electrons. The number of anilines is 1. The van der Waals surface area contributed by atoms with E-state index in [4.69, 9.17) is 21.4 Å². The minimum atomic E-state index is -1.04. The van der Waals surface area contributed by atoms with Gasteiger partial charge in [0.1, 0.15) is 5.75 Å². The Kier molecular flexibility index (Phi) is 5.60. The lowest BCUT2D eigenvalue weighted by atomic mass is 10.1. The van der Waals surface area contributed by atoms with Crippen molar-refractivity contribution in [1.29, 1.82) is 0 Å². The Balaban J connectivity index is 1.91. The molecule has 2 aromatic carbocycles. The van der Waals surface area contributed by atoms with Gasteiger partial charge in [0.25, 0.3) is 0 Å². The van der Waals surface area contributed by atoms with Crippen LogP contribution < -0.4 is 10.1 Å². The molecule has 2 rings (SSSR count). The molecule has 0 bridgehead atoms. The number of halogens is 1. The number of nitrogens with one attached hydrogen (secondary N) is 1. The highest BCUT2D eigenvalue weighted by Gasteiger charge is 2.09. The molecule has 0 aliphatic heterocycles. The van der Waals surface area contributed by atoms with Gasteiger partial charge in [0.15, 0.2) is 0 Å². The number of carboxylic acids is 1. The Bertz CT molecular complexity index is 730. The van der Waals surface area contributed by atoms with Crippen molar-refractivity contribution in [2.75, 3.05) is 11.9 Å². The van der Waals surface area contributed by atoms with Crippen LogP contribution in [0, 0.1) is 6.92 Å². The van der Waals surface area contributed by atoms with Gasteiger partial charge in [-0.25, -0.2) is 4.79 Å². The Morgan fingerprint density at radius 3 is 2.65 bits per heavy atom. The molecule has 2 N–H and O–H groups in total. The van der Waals surface area contributed by atoms with Crippen LogP contribution in [0.15, 0.2) is 42.5 Å². The lowest BCUT2D eigenvalue weighted by Crippen LogP contribution is -2.16. The molecule has 0 atom stereocenters. The predicted molar refractivity (Wildman–Crippen MR) is 88.3 cm³/mol. The first kappa shape index (κ1) is 16.8. The minimum Gasteiger partial charge on any atom is -0.491 e. The lowest BCUT2D eigenvalue weighted by molar-refractivity contribution is -0.116. The Morgan fingerprint density at radius 2 is 1.96 bits per heavy atom. The highest BCUT2D eigenvalue weighted by Crippen LogP contribution is 2.23. The molecule has 6 heteroatoms. The molecule has 2 aromatic rings. The molecule has 1 amide bonds. The van der Waals surface area contributed by atoms with Crippen molar-refractivity contribution in [2.24, 2.45) is 0 Å². The summed E-state index contributed by atoms with van der Waals surface area (Å²) >= 11 is 5.96. The van der Waals surface area contributed by atoms with Crippen LogP contribution in [0.3, 0.4) is 0 Å². The SMILES string of the molecule is Cc1ccc(C(=O)O)cc1NC(=O)CCOc1ccccc1Cl. The number of aromatic carboxylic acids is 1. The normalized spacial score (nSPS) is 10.2. The molecule has 0 unspecified atom stereocenters. The van der Waals surface area contributed by atoms with E-state index in [1.807, 2.05) is 0 Å². The van der Waals surface area contributed by atoms with E-state index in [1.165, 1.54) is 12.1 Å². The van der Waals surface area contributed by atoms with Crippen molar-refractivity contribution in [2.45, 2.75) is 13.3 Å². The third-order valence-corrected chi connectivity index (χ3v) is 3.49. The maximum absolute atomic E-state index is 11.9. The minimum absolute atomic E-state index is 0.123. The fourth-order valence-corrected chi connectivity index (χ4v) is 2.11. The molecular formula is C17H16ClNO4. The molecule has 120 valence electrons. The van der Waals surface area contributed by atoms with E-state index < -0.39 is 5.97 Å². The predicted octanol–water partition coefficient (Wildman–Crippen LogP) is 3.75. The van der Waals surface area contributed by atoms with Gasteiger partial charge in [0.2, 0.25) is 5.91 Å². The summed E-state index contributed by atoms with van der Waals surface area (Å²) in [6.45, 7) is 1.97. The molecule has 0 aliphatic rings. The van der Waals surface area contributed by atoms with Crippen molar-refractivity contribution in [3.05, 3.63) is 58.6 Å². The Labute approximate surface area is 138 Å². The zero-order valence-corrected chi connectivity index (χ0v) is 13.3. The topological polar surface area (TPSA) is 75.6 Å². The number of benzene rings is 2. The van der Waals surface area contributed by atoms with E-state index in [-0.39, 0.29) is 24.5 Å². The third kappa shape index (κ3) is 4.72. The van der Waals surface area contributed by atoms with Crippen LogP contribution in [-0.2, 0) is 4.79 Å². The molecule has 0 aromatic heterocycles. The fraction of sp³-hybridized carbons (Fsp3) is 0.176. The van der Waals surface area contributed by atoms with Gasteiger partial charge in [0.05, 0.1) is 23.6 Å². The van der Waals surface area contributed by atoms with E-state index in [0.29, 0.717) is 16.5 Å². The van der Waals surface area contributed by atoms with E-state index >= 15 is 0 Å². The number of hydrogen-bond donors (Lipinski definition) is 2. The summed E-state index contributed by atoms with van der Waals surface area (Å²) in [6.07, 6.45) is 0.127. The standard InChI is InChI=1S/C17H16ClNO4/c1-11-6-7-12(17(21)22)10-14(11)19-16(20)8-9-23-15-5-3-2-4-13(15)18/h2-7,10H,8-9H2,1H3,(H,19,20)(H,21,22). The summed E-state index contributed by atoms with van der Waals surface area (Å²) in [7, 11) is 0. The number of aryl methyl sites for hydroxylation is 1. The maximum Gasteiger partial charge on any atom is 0.335 e. The summed E-state index contributed by atoms with van der Waals surface area (Å²) in [4.78, 5) is 22.9. The number of carbonyl (C=O) groups excluding carboxylic acids is 1. The molecule has 0 fully saturated rings. The number of hydrogen-bond acceptors (Lipinski definition) is 3. The van der Waals surface area contributed by atoms with Gasteiger partial charge in [-0.15, -0.1) is 0 Å². The maximum atomic E-state index is 11.9. The zero-order chi connectivity index (χ0) is 16.8. The number of rotatable bonds is 6. The van der Waals surface area contributed by atoms with Crippen LogP contribution in [0.5, 0.6) is 5.75 Å². The number of amides is 1. The van der Waals surface area contributed by atoms with Crippen LogP contribution >= 0.6 is 11.6 Å². The first-order valence-corrected chi connectivity index (χ1v) is 7.36. The van der Waals surface area contributed by atoms with Crippen LogP contribution in [-0.4, -0.2) is 23.6 Å². The third-order valence-electron chi connectivity index (χ3n) is 3.18. The van der Waals surface area contributed by atoms with Crippen LogP contribution in [0.25, 0.3) is 0 Å². The molecule has 0 saturated carbocycles. The fourth-order valence-electron chi connectivity index (χ4n) is 1.92. The first-order valence-electron chi connectivity index (χ1n) is 6.98. The smallest absolute Gasteiger partial charge is 0.335 e. The van der Waals surface area contributed by atoms with Crippen LogP contribution in [0.4, 0.5) is 5.69 Å². The van der Waals surface area contributed by atoms with Gasteiger partial charge < -0.3 is 15.2 Å². The van der Waals surface area contributed by atoms with Crippen molar-refractivity contribution >= 4 is 29.2 Å². The average Bonchev–Trinajstić information content (AvgIpc) is 2.51. The van der Waals surface area contributed by atoms with Crippen molar-refractivity contribution in [3.8, 4) is 5.75 Å². The highest BCUT2D eigenvalue weighted by atomic mass is 35.5. The van der Waals surface area contributed by atoms with Crippen LogP contribution in [0.2, 0.25) is 5.02 Å². The largest absolute Gasteiger partial charge is 0.491 e. The summed E-state index contributed by atoms with van der Waals surface area (Å²) in [5.74, 6) is -0.781. The molecule has 0 saturated heterocycles. The quantitative estimate of drug-likeness (QED) is 0.844. The monoisotopic (exact) mass is 333 g/mol. The van der Waals surface area contributed by atoms with E-state index in [0.717, 1.165) is 5.56 Å². The summed E-state index contributed by atoms with van der Waals surface area (Å²) in [5, 5.41) is 12.2. The van der Waals surface area contributed by atoms with Gasteiger partial charge >= 0.3 is 5.97 Å². The number of carboxylic acid groups (broad SMARTS) is 1. The van der Waals surface area contributed by atoms with Gasteiger partial charge in [-0.05, 0) is 36.8 Å². The summed E-state index contributed by atoms with van der Waals surface area (Å²) in [6, 6.07) is 11.6. The second-order valence-electron chi connectivity index (χ2n) is 4.91. The van der Waals surface area contributed by atoms with E-state index in [1.54, 1.807) is 37.3 Å². The molecule has 5 nitrogen and oxygen atoms in total. The first-order chi connectivity index (χ1) is 11.0. The van der Waals surface area contributed by atoms with Crippen LogP contribution in [0.1, 0.15) is 22.3 Å².